The van der Waals surface area contributed by atoms with Gasteiger partial charge in [-0.1, -0.05) is 0 Å². The largest absolute Gasteiger partial charge is 0.497 e. The maximum Gasteiger partial charge on any atom is 0.286 e. The number of amides is 1. The lowest BCUT2D eigenvalue weighted by Crippen LogP contribution is -2.16. The second-order valence-electron chi connectivity index (χ2n) is 3.47. The lowest BCUT2D eigenvalue weighted by molar-refractivity contribution is 0.0936. The van der Waals surface area contributed by atoms with E-state index in [1.54, 1.807) is 26.3 Å². The molecule has 0 aliphatic rings. The van der Waals surface area contributed by atoms with E-state index < -0.39 is 0 Å². The van der Waals surface area contributed by atoms with E-state index in [0.717, 1.165) is 11.3 Å². The maximum absolute atomic E-state index is 11.3. The molecule has 0 radical (unpaired) electrons. The topological polar surface area (TPSA) is 51.5 Å². The van der Waals surface area contributed by atoms with Gasteiger partial charge < -0.3 is 14.5 Å². The van der Waals surface area contributed by atoms with Crippen molar-refractivity contribution in [2.24, 2.45) is 0 Å². The summed E-state index contributed by atoms with van der Waals surface area (Å²) in [6.45, 7) is 0. The van der Waals surface area contributed by atoms with Crippen LogP contribution in [-0.2, 0) is 0 Å². The molecule has 1 heterocycles. The Balaban J connectivity index is 2.27. The minimum atomic E-state index is -0.232. The molecule has 2 aromatic rings. The first-order chi connectivity index (χ1) is 8.24. The van der Waals surface area contributed by atoms with Crippen LogP contribution in [0, 0.1) is 0 Å². The van der Waals surface area contributed by atoms with Gasteiger partial charge in [-0.25, -0.2) is 0 Å². The Labute approximate surface area is 99.2 Å². The molecule has 0 aliphatic carbocycles. The van der Waals surface area contributed by atoms with E-state index in [2.05, 4.69) is 5.32 Å². The Kier molecular flexibility index (Phi) is 3.14. The summed E-state index contributed by atoms with van der Waals surface area (Å²) in [6.07, 6.45) is 0. The van der Waals surface area contributed by atoms with Gasteiger partial charge in [0.1, 0.15) is 11.5 Å². The molecule has 1 aromatic carbocycles. The first-order valence-electron chi connectivity index (χ1n) is 5.21. The molecule has 88 valence electrons. The monoisotopic (exact) mass is 231 g/mol. The first-order valence-corrected chi connectivity index (χ1v) is 5.21. The Morgan fingerprint density at radius 2 is 1.88 bits per heavy atom. The third-order valence-corrected chi connectivity index (χ3v) is 2.43. The lowest BCUT2D eigenvalue weighted by atomic mass is 10.2. The van der Waals surface area contributed by atoms with Crippen LogP contribution in [0.1, 0.15) is 10.6 Å². The van der Waals surface area contributed by atoms with Crippen LogP contribution in [0.3, 0.4) is 0 Å². The van der Waals surface area contributed by atoms with Crippen molar-refractivity contribution >= 4 is 5.91 Å². The molecule has 0 saturated carbocycles. The number of furan rings is 1. The zero-order valence-corrected chi connectivity index (χ0v) is 9.69. The second-order valence-corrected chi connectivity index (χ2v) is 3.47. The predicted octanol–water partition coefficient (Wildman–Crippen LogP) is 2.31. The van der Waals surface area contributed by atoms with E-state index in [-0.39, 0.29) is 5.91 Å². The molecule has 0 fully saturated rings. The van der Waals surface area contributed by atoms with Gasteiger partial charge in [0.15, 0.2) is 5.76 Å². The Bertz CT molecular complexity index is 514. The fourth-order valence-electron chi connectivity index (χ4n) is 1.49. The molecule has 1 aromatic heterocycles. The average Bonchev–Trinajstić information content (AvgIpc) is 2.87. The van der Waals surface area contributed by atoms with Crippen molar-refractivity contribution in [2.75, 3.05) is 14.2 Å². The van der Waals surface area contributed by atoms with Crippen LogP contribution in [-0.4, -0.2) is 20.1 Å². The van der Waals surface area contributed by atoms with Crippen molar-refractivity contribution in [1.29, 1.82) is 0 Å². The quantitative estimate of drug-likeness (QED) is 0.881. The van der Waals surface area contributed by atoms with Gasteiger partial charge in [0.05, 0.1) is 7.11 Å². The molecule has 0 spiro atoms. The normalized spacial score (nSPS) is 10.0. The lowest BCUT2D eigenvalue weighted by Gasteiger charge is -2.00. The van der Waals surface area contributed by atoms with Crippen molar-refractivity contribution in [3.63, 3.8) is 0 Å². The highest BCUT2D eigenvalue weighted by Crippen LogP contribution is 2.24. The number of hydrogen-bond donors (Lipinski definition) is 1. The zero-order chi connectivity index (χ0) is 12.3. The number of ether oxygens (including phenoxy) is 1. The van der Waals surface area contributed by atoms with E-state index in [1.807, 2.05) is 24.3 Å². The number of hydrogen-bond acceptors (Lipinski definition) is 3. The van der Waals surface area contributed by atoms with Crippen LogP contribution in [0.2, 0.25) is 0 Å². The van der Waals surface area contributed by atoms with Crippen LogP contribution < -0.4 is 10.1 Å². The molecule has 0 saturated heterocycles. The van der Waals surface area contributed by atoms with Gasteiger partial charge in [-0.05, 0) is 36.4 Å². The summed E-state index contributed by atoms with van der Waals surface area (Å²) in [7, 11) is 3.18. The van der Waals surface area contributed by atoms with Gasteiger partial charge in [-0.2, -0.15) is 0 Å². The molecular formula is C13H13NO3. The molecule has 0 unspecified atom stereocenters. The average molecular weight is 231 g/mol. The van der Waals surface area contributed by atoms with E-state index in [9.17, 15) is 4.79 Å². The summed E-state index contributed by atoms with van der Waals surface area (Å²) < 4.78 is 10.5. The molecule has 1 amide bonds. The van der Waals surface area contributed by atoms with Crippen LogP contribution in [0.15, 0.2) is 40.8 Å². The molecule has 2 rings (SSSR count). The summed E-state index contributed by atoms with van der Waals surface area (Å²) in [5, 5.41) is 2.51. The SMILES string of the molecule is CNC(=O)c1ccc(-c2ccc(OC)cc2)o1. The predicted molar refractivity (Wildman–Crippen MR) is 64.1 cm³/mol. The van der Waals surface area contributed by atoms with Gasteiger partial charge in [-0.15, -0.1) is 0 Å². The number of carbonyl (C=O) groups excluding carboxylic acids is 1. The first kappa shape index (κ1) is 11.3. The van der Waals surface area contributed by atoms with E-state index >= 15 is 0 Å². The van der Waals surface area contributed by atoms with Crippen molar-refractivity contribution in [2.45, 2.75) is 0 Å². The summed E-state index contributed by atoms with van der Waals surface area (Å²) in [5.41, 5.74) is 0.904. The molecule has 0 aliphatic heterocycles. The van der Waals surface area contributed by atoms with Crippen LogP contribution in [0.25, 0.3) is 11.3 Å². The summed E-state index contributed by atoms with van der Waals surface area (Å²) >= 11 is 0. The fraction of sp³-hybridized carbons (Fsp3) is 0.154. The highest BCUT2D eigenvalue weighted by Gasteiger charge is 2.10. The van der Waals surface area contributed by atoms with Crippen molar-refractivity contribution in [1.82, 2.24) is 5.32 Å². The minimum absolute atomic E-state index is 0.232. The molecular weight excluding hydrogens is 218 g/mol. The van der Waals surface area contributed by atoms with E-state index in [0.29, 0.717) is 11.5 Å². The van der Waals surface area contributed by atoms with Crippen molar-refractivity contribution < 1.29 is 13.9 Å². The third kappa shape index (κ3) is 2.30. The Morgan fingerprint density at radius 3 is 2.47 bits per heavy atom. The molecule has 0 bridgehead atoms. The molecule has 4 nitrogen and oxygen atoms in total. The van der Waals surface area contributed by atoms with Crippen LogP contribution >= 0.6 is 0 Å². The van der Waals surface area contributed by atoms with Crippen molar-refractivity contribution in [3.05, 3.63) is 42.2 Å². The number of benzene rings is 1. The van der Waals surface area contributed by atoms with E-state index in [1.165, 1.54) is 0 Å². The molecule has 1 N–H and O–H groups in total. The van der Waals surface area contributed by atoms with E-state index in [4.69, 9.17) is 9.15 Å². The van der Waals surface area contributed by atoms with Gasteiger partial charge in [-0.3, -0.25) is 4.79 Å². The number of nitrogens with one attached hydrogen (secondary N) is 1. The van der Waals surface area contributed by atoms with Crippen LogP contribution in [0.5, 0.6) is 5.75 Å². The van der Waals surface area contributed by atoms with Gasteiger partial charge in [0.2, 0.25) is 0 Å². The van der Waals surface area contributed by atoms with Crippen LogP contribution in [0.4, 0.5) is 0 Å². The zero-order valence-electron chi connectivity index (χ0n) is 9.69. The number of carbonyl (C=O) groups is 1. The Morgan fingerprint density at radius 1 is 1.18 bits per heavy atom. The molecule has 0 atom stereocenters. The highest BCUT2D eigenvalue weighted by atomic mass is 16.5. The third-order valence-electron chi connectivity index (χ3n) is 2.43. The molecule has 17 heavy (non-hydrogen) atoms. The minimum Gasteiger partial charge on any atom is -0.497 e. The highest BCUT2D eigenvalue weighted by molar-refractivity contribution is 5.91. The number of methoxy groups -OCH3 is 1. The second kappa shape index (κ2) is 4.74. The summed E-state index contributed by atoms with van der Waals surface area (Å²) in [5.74, 6) is 1.51. The van der Waals surface area contributed by atoms with Gasteiger partial charge >= 0.3 is 0 Å². The maximum atomic E-state index is 11.3. The van der Waals surface area contributed by atoms with Gasteiger partial charge in [0.25, 0.3) is 5.91 Å². The van der Waals surface area contributed by atoms with Gasteiger partial charge in [0, 0.05) is 12.6 Å². The Hall–Kier alpha value is -2.23. The smallest absolute Gasteiger partial charge is 0.286 e. The fourth-order valence-corrected chi connectivity index (χ4v) is 1.49. The standard InChI is InChI=1S/C13H13NO3/c1-14-13(15)12-8-7-11(17-12)9-3-5-10(16-2)6-4-9/h3-8H,1-2H3,(H,14,15). The van der Waals surface area contributed by atoms with Crippen molar-refractivity contribution in [3.8, 4) is 17.1 Å². The summed E-state index contributed by atoms with van der Waals surface area (Å²) in [6, 6.07) is 10.9. The molecule has 4 heteroatoms. The summed E-state index contributed by atoms with van der Waals surface area (Å²) in [4.78, 5) is 11.3. The number of rotatable bonds is 3.